The van der Waals surface area contributed by atoms with E-state index >= 15 is 0 Å². The highest BCUT2D eigenvalue weighted by Crippen LogP contribution is 2.36. The zero-order chi connectivity index (χ0) is 29.7. The van der Waals surface area contributed by atoms with E-state index in [1.54, 1.807) is 6.07 Å². The number of hydrogen-bond donors (Lipinski definition) is 0. The molecule has 0 spiro atoms. The van der Waals surface area contributed by atoms with E-state index in [0.29, 0.717) is 17.4 Å². The van der Waals surface area contributed by atoms with Gasteiger partial charge in [-0.3, -0.25) is 4.57 Å². The Kier molecular flexibility index (Phi) is 6.54. The average molecular weight is 567 g/mol. The van der Waals surface area contributed by atoms with Crippen molar-refractivity contribution in [1.82, 2.24) is 19.3 Å². The maximum Gasteiger partial charge on any atom is 0.137 e. The van der Waals surface area contributed by atoms with Crippen LogP contribution < -0.4 is 4.74 Å². The summed E-state index contributed by atoms with van der Waals surface area (Å²) >= 11 is 0. The highest BCUT2D eigenvalue weighted by Gasteiger charge is 2.17. The Morgan fingerprint density at radius 2 is 1.56 bits per heavy atom. The summed E-state index contributed by atoms with van der Waals surface area (Å²) in [5.41, 5.74) is 8.21. The standard InChI is InChI=1S/C37H31FN4O/c1-23(2)27-17-18-39-36(19-27)41-34-16-13-28(38)20-33(34)32-15-14-31(22-35(32)41)43-30-12-8-11-29(21-30)42-25(4)37(24(3)40-42)26-9-6-5-7-10-26/h5-23H,1-4H3. The van der Waals surface area contributed by atoms with E-state index in [1.165, 1.54) is 11.6 Å². The van der Waals surface area contributed by atoms with Crippen LogP contribution in [0, 0.1) is 19.7 Å². The third-order valence-corrected chi connectivity index (χ3v) is 8.02. The first-order valence-electron chi connectivity index (χ1n) is 14.5. The summed E-state index contributed by atoms with van der Waals surface area (Å²) in [5, 5.41) is 6.63. The van der Waals surface area contributed by atoms with Gasteiger partial charge in [-0.05, 0) is 85.5 Å². The van der Waals surface area contributed by atoms with Gasteiger partial charge in [0.15, 0.2) is 0 Å². The number of benzene rings is 4. The number of pyridine rings is 1. The summed E-state index contributed by atoms with van der Waals surface area (Å²) in [7, 11) is 0. The Morgan fingerprint density at radius 3 is 2.37 bits per heavy atom. The second-order valence-electron chi connectivity index (χ2n) is 11.2. The molecule has 0 N–H and O–H groups in total. The first-order chi connectivity index (χ1) is 20.9. The fourth-order valence-corrected chi connectivity index (χ4v) is 5.93. The molecule has 0 fully saturated rings. The normalized spacial score (nSPS) is 11.6. The fourth-order valence-electron chi connectivity index (χ4n) is 5.93. The number of hydrogen-bond acceptors (Lipinski definition) is 3. The molecule has 7 rings (SSSR count). The quantitative estimate of drug-likeness (QED) is 0.201. The van der Waals surface area contributed by atoms with Crippen molar-refractivity contribution in [1.29, 1.82) is 0 Å². The Labute approximate surface area is 249 Å². The van der Waals surface area contributed by atoms with Crippen LogP contribution in [0.5, 0.6) is 11.5 Å². The van der Waals surface area contributed by atoms with Gasteiger partial charge in [0.2, 0.25) is 0 Å². The molecule has 212 valence electrons. The van der Waals surface area contributed by atoms with Gasteiger partial charge in [-0.1, -0.05) is 50.2 Å². The first kappa shape index (κ1) is 26.7. The lowest BCUT2D eigenvalue weighted by atomic mass is 10.0. The zero-order valence-corrected chi connectivity index (χ0v) is 24.5. The lowest BCUT2D eigenvalue weighted by Gasteiger charge is -2.12. The molecule has 43 heavy (non-hydrogen) atoms. The number of halogens is 1. The number of aryl methyl sites for hydroxylation is 1. The molecule has 7 aromatic rings. The Hall–Kier alpha value is -5.23. The van der Waals surface area contributed by atoms with E-state index in [0.717, 1.165) is 55.8 Å². The van der Waals surface area contributed by atoms with Gasteiger partial charge in [-0.2, -0.15) is 5.10 Å². The lowest BCUT2D eigenvalue weighted by molar-refractivity contribution is 0.482. The van der Waals surface area contributed by atoms with E-state index in [2.05, 4.69) is 43.5 Å². The second-order valence-corrected chi connectivity index (χ2v) is 11.2. The van der Waals surface area contributed by atoms with E-state index in [4.69, 9.17) is 14.8 Å². The Balaban J connectivity index is 1.30. The molecule has 0 amide bonds. The summed E-state index contributed by atoms with van der Waals surface area (Å²) < 4.78 is 24.9. The van der Waals surface area contributed by atoms with Crippen LogP contribution in [0.4, 0.5) is 4.39 Å². The molecule has 0 unspecified atom stereocenters. The zero-order valence-electron chi connectivity index (χ0n) is 24.5. The largest absolute Gasteiger partial charge is 0.457 e. The SMILES string of the molecule is Cc1nn(-c2cccc(Oc3ccc4c5cc(F)ccc5n(-c5cc(C(C)C)ccn5)c4c3)c2)c(C)c1-c1ccccc1. The highest BCUT2D eigenvalue weighted by atomic mass is 19.1. The van der Waals surface area contributed by atoms with Crippen LogP contribution in [0.25, 0.3) is 44.4 Å². The molecule has 3 aromatic heterocycles. The molecule has 4 aromatic carbocycles. The topological polar surface area (TPSA) is 44.9 Å². The van der Waals surface area contributed by atoms with Gasteiger partial charge in [0.1, 0.15) is 23.1 Å². The summed E-state index contributed by atoms with van der Waals surface area (Å²) in [6, 6.07) is 33.2. The van der Waals surface area contributed by atoms with Crippen LogP contribution in [0.2, 0.25) is 0 Å². The predicted octanol–water partition coefficient (Wildman–Crippen LogP) is 9.70. The number of rotatable bonds is 6. The highest BCUT2D eigenvalue weighted by molar-refractivity contribution is 6.09. The molecular formula is C37H31FN4O. The molecule has 0 aliphatic heterocycles. The van der Waals surface area contributed by atoms with Crippen molar-refractivity contribution < 1.29 is 9.13 Å². The third-order valence-electron chi connectivity index (χ3n) is 8.02. The van der Waals surface area contributed by atoms with Crippen molar-refractivity contribution in [3.05, 3.63) is 132 Å². The maximum absolute atomic E-state index is 14.4. The maximum atomic E-state index is 14.4. The Morgan fingerprint density at radius 1 is 0.744 bits per heavy atom. The molecule has 6 heteroatoms. The molecule has 0 radical (unpaired) electrons. The summed E-state index contributed by atoms with van der Waals surface area (Å²) in [6.07, 6.45) is 1.83. The van der Waals surface area contributed by atoms with Crippen LogP contribution in [0.3, 0.4) is 0 Å². The van der Waals surface area contributed by atoms with Crippen molar-refractivity contribution in [2.45, 2.75) is 33.6 Å². The van der Waals surface area contributed by atoms with Crippen LogP contribution in [0.1, 0.15) is 36.7 Å². The van der Waals surface area contributed by atoms with E-state index in [1.807, 2.05) is 90.6 Å². The molecule has 3 heterocycles. The molecule has 5 nitrogen and oxygen atoms in total. The monoisotopic (exact) mass is 566 g/mol. The van der Waals surface area contributed by atoms with Crippen LogP contribution >= 0.6 is 0 Å². The average Bonchev–Trinajstić information content (AvgIpc) is 3.50. The van der Waals surface area contributed by atoms with Gasteiger partial charge < -0.3 is 4.74 Å². The van der Waals surface area contributed by atoms with Gasteiger partial charge in [0.05, 0.1) is 22.4 Å². The van der Waals surface area contributed by atoms with E-state index in [9.17, 15) is 4.39 Å². The second kappa shape index (κ2) is 10.6. The van der Waals surface area contributed by atoms with Crippen LogP contribution in [0.15, 0.2) is 109 Å². The van der Waals surface area contributed by atoms with Gasteiger partial charge in [0.25, 0.3) is 0 Å². The first-order valence-corrected chi connectivity index (χ1v) is 14.5. The predicted molar refractivity (Wildman–Crippen MR) is 171 cm³/mol. The number of ether oxygens (including phenoxy) is 1. The molecular weight excluding hydrogens is 535 g/mol. The van der Waals surface area contributed by atoms with Crippen molar-refractivity contribution >= 4 is 21.8 Å². The van der Waals surface area contributed by atoms with Gasteiger partial charge >= 0.3 is 0 Å². The minimum atomic E-state index is -0.271. The van der Waals surface area contributed by atoms with E-state index in [-0.39, 0.29) is 5.82 Å². The van der Waals surface area contributed by atoms with Crippen molar-refractivity contribution in [2.75, 3.05) is 0 Å². The Bertz CT molecular complexity index is 2120. The molecule has 0 aliphatic rings. The molecule has 0 atom stereocenters. The number of nitrogens with zero attached hydrogens (tertiary/aromatic N) is 4. The van der Waals surface area contributed by atoms with E-state index < -0.39 is 0 Å². The van der Waals surface area contributed by atoms with Gasteiger partial charge in [0, 0.05) is 40.4 Å². The van der Waals surface area contributed by atoms with Crippen molar-refractivity contribution in [3.8, 4) is 34.1 Å². The molecule has 0 aliphatic carbocycles. The molecule has 0 bridgehead atoms. The summed E-state index contributed by atoms with van der Waals surface area (Å²) in [5.74, 6) is 2.24. The minimum absolute atomic E-state index is 0.271. The summed E-state index contributed by atoms with van der Waals surface area (Å²) in [4.78, 5) is 4.70. The number of fused-ring (bicyclic) bond motifs is 3. The smallest absolute Gasteiger partial charge is 0.137 e. The van der Waals surface area contributed by atoms with Crippen LogP contribution in [-0.4, -0.2) is 19.3 Å². The molecule has 0 saturated heterocycles. The summed E-state index contributed by atoms with van der Waals surface area (Å²) in [6.45, 7) is 8.45. The fraction of sp³-hybridized carbons (Fsp3) is 0.135. The number of aromatic nitrogens is 4. The van der Waals surface area contributed by atoms with Gasteiger partial charge in [-0.25, -0.2) is 14.1 Å². The van der Waals surface area contributed by atoms with Crippen LogP contribution in [-0.2, 0) is 0 Å². The lowest BCUT2D eigenvalue weighted by Crippen LogP contribution is -2.00. The minimum Gasteiger partial charge on any atom is -0.457 e. The third kappa shape index (κ3) is 4.75. The molecule has 0 saturated carbocycles. The van der Waals surface area contributed by atoms with Gasteiger partial charge in [-0.15, -0.1) is 0 Å². The van der Waals surface area contributed by atoms with Crippen molar-refractivity contribution in [3.63, 3.8) is 0 Å². The van der Waals surface area contributed by atoms with Crippen molar-refractivity contribution in [2.24, 2.45) is 0 Å².